The van der Waals surface area contributed by atoms with Crippen molar-refractivity contribution < 1.29 is 14.3 Å². The minimum Gasteiger partial charge on any atom is -0.465 e. The molecule has 0 spiro atoms. The lowest BCUT2D eigenvalue weighted by Crippen LogP contribution is -2.35. The molecule has 26 heavy (non-hydrogen) atoms. The maximum atomic E-state index is 12.4. The van der Waals surface area contributed by atoms with Crippen LogP contribution in [0.1, 0.15) is 40.5 Å². The van der Waals surface area contributed by atoms with Crippen molar-refractivity contribution in [2.24, 2.45) is 5.92 Å². The van der Waals surface area contributed by atoms with Crippen molar-refractivity contribution in [2.45, 2.75) is 19.8 Å². The molecule has 2 aromatic rings. The Morgan fingerprint density at radius 1 is 1.23 bits per heavy atom. The third-order valence-electron chi connectivity index (χ3n) is 4.38. The number of hydrogen-bond donors (Lipinski definition) is 1. The van der Waals surface area contributed by atoms with Gasteiger partial charge in [-0.2, -0.15) is 0 Å². The number of aromatic nitrogens is 2. The van der Waals surface area contributed by atoms with E-state index in [9.17, 15) is 9.59 Å². The molecule has 1 aliphatic rings. The number of amides is 1. The summed E-state index contributed by atoms with van der Waals surface area (Å²) in [5, 5.41) is 2.74. The number of carbonyl (C=O) groups excluding carboxylic acids is 2. The number of esters is 1. The van der Waals surface area contributed by atoms with Crippen LogP contribution in [0, 0.1) is 5.92 Å². The van der Waals surface area contributed by atoms with Crippen LogP contribution in [0.15, 0.2) is 36.7 Å². The lowest BCUT2D eigenvalue weighted by molar-refractivity contribution is 0.0600. The lowest BCUT2D eigenvalue weighted by Gasteiger charge is -2.30. The summed E-state index contributed by atoms with van der Waals surface area (Å²) in [7, 11) is 1.32. The highest BCUT2D eigenvalue weighted by Crippen LogP contribution is 2.19. The van der Waals surface area contributed by atoms with Gasteiger partial charge in [0.1, 0.15) is 0 Å². The number of hydrogen-bond acceptors (Lipinski definition) is 6. The summed E-state index contributed by atoms with van der Waals surface area (Å²) in [6, 6.07) is 6.57. The maximum Gasteiger partial charge on any atom is 0.337 e. The van der Waals surface area contributed by atoms with Gasteiger partial charge in [-0.3, -0.25) is 4.79 Å². The number of methoxy groups -OCH3 is 1. The van der Waals surface area contributed by atoms with E-state index in [0.29, 0.717) is 28.7 Å². The van der Waals surface area contributed by atoms with Gasteiger partial charge in [0.2, 0.25) is 5.95 Å². The second kappa shape index (κ2) is 7.95. The van der Waals surface area contributed by atoms with E-state index in [1.807, 2.05) is 0 Å². The smallest absolute Gasteiger partial charge is 0.337 e. The maximum absolute atomic E-state index is 12.4. The van der Waals surface area contributed by atoms with Gasteiger partial charge < -0.3 is 15.0 Å². The van der Waals surface area contributed by atoms with Crippen molar-refractivity contribution >= 4 is 23.5 Å². The van der Waals surface area contributed by atoms with Crippen LogP contribution in [-0.4, -0.2) is 42.0 Å². The highest BCUT2D eigenvalue weighted by Gasteiger charge is 2.19. The predicted molar refractivity (Wildman–Crippen MR) is 98.4 cm³/mol. The molecular formula is C19H22N4O3. The molecule has 1 aromatic heterocycles. The Bertz CT molecular complexity index is 792. The van der Waals surface area contributed by atoms with Crippen molar-refractivity contribution in [2.75, 3.05) is 30.4 Å². The number of anilines is 2. The zero-order valence-electron chi connectivity index (χ0n) is 14.9. The molecule has 1 amide bonds. The number of nitrogens with one attached hydrogen (secondary N) is 1. The zero-order chi connectivity index (χ0) is 18.5. The molecule has 2 heterocycles. The lowest BCUT2D eigenvalue weighted by atomic mass is 10.0. The highest BCUT2D eigenvalue weighted by molar-refractivity contribution is 6.04. The van der Waals surface area contributed by atoms with E-state index in [0.717, 1.165) is 19.5 Å². The van der Waals surface area contributed by atoms with Crippen LogP contribution in [0.25, 0.3) is 0 Å². The SMILES string of the molecule is COC(=O)c1cccc(NC(=O)c2cnc(N3CCCC(C)C3)nc2)c1. The van der Waals surface area contributed by atoms with Crippen LogP contribution in [0.5, 0.6) is 0 Å². The molecule has 1 atom stereocenters. The van der Waals surface area contributed by atoms with Crippen molar-refractivity contribution in [3.63, 3.8) is 0 Å². The minimum atomic E-state index is -0.454. The van der Waals surface area contributed by atoms with Crippen molar-refractivity contribution in [1.82, 2.24) is 9.97 Å². The molecule has 7 heteroatoms. The Labute approximate surface area is 152 Å². The number of carbonyl (C=O) groups is 2. The second-order valence-corrected chi connectivity index (χ2v) is 6.49. The summed E-state index contributed by atoms with van der Waals surface area (Å²) < 4.78 is 4.68. The Balaban J connectivity index is 1.67. The van der Waals surface area contributed by atoms with Gasteiger partial charge in [0, 0.05) is 31.2 Å². The number of ether oxygens (including phenoxy) is 1. The van der Waals surface area contributed by atoms with Crippen LogP contribution in [0.3, 0.4) is 0 Å². The quantitative estimate of drug-likeness (QED) is 0.850. The molecule has 1 saturated heterocycles. The van der Waals surface area contributed by atoms with E-state index in [4.69, 9.17) is 0 Å². The highest BCUT2D eigenvalue weighted by atomic mass is 16.5. The minimum absolute atomic E-state index is 0.328. The molecule has 0 saturated carbocycles. The fourth-order valence-electron chi connectivity index (χ4n) is 3.02. The van der Waals surface area contributed by atoms with Gasteiger partial charge >= 0.3 is 5.97 Å². The topological polar surface area (TPSA) is 84.4 Å². The first-order valence-electron chi connectivity index (χ1n) is 8.63. The monoisotopic (exact) mass is 354 g/mol. The summed E-state index contributed by atoms with van der Waals surface area (Å²) in [5.74, 6) is 0.494. The van der Waals surface area contributed by atoms with Gasteiger partial charge in [0.05, 0.1) is 18.2 Å². The molecule has 0 bridgehead atoms. The molecule has 0 aliphatic carbocycles. The summed E-state index contributed by atoms with van der Waals surface area (Å²) in [6.45, 7) is 4.10. The molecular weight excluding hydrogens is 332 g/mol. The molecule has 136 valence electrons. The number of rotatable bonds is 4. The molecule has 1 aromatic carbocycles. The van der Waals surface area contributed by atoms with Crippen LogP contribution < -0.4 is 10.2 Å². The standard InChI is InChI=1S/C19H22N4O3/c1-13-5-4-8-23(12-13)19-20-10-15(11-21-19)17(24)22-16-7-3-6-14(9-16)18(25)26-2/h3,6-7,9-11,13H,4-5,8,12H2,1-2H3,(H,22,24). The molecule has 1 N–H and O–H groups in total. The third kappa shape index (κ3) is 4.17. The van der Waals surface area contributed by atoms with Gasteiger partial charge in [0.25, 0.3) is 5.91 Å². The van der Waals surface area contributed by atoms with E-state index in [1.54, 1.807) is 24.3 Å². The van der Waals surface area contributed by atoms with Gasteiger partial charge in [0.15, 0.2) is 0 Å². The van der Waals surface area contributed by atoms with Crippen LogP contribution in [-0.2, 0) is 4.74 Å². The first-order chi connectivity index (χ1) is 12.6. The van der Waals surface area contributed by atoms with Gasteiger partial charge in [-0.1, -0.05) is 13.0 Å². The second-order valence-electron chi connectivity index (χ2n) is 6.49. The first kappa shape index (κ1) is 17.8. The largest absolute Gasteiger partial charge is 0.465 e. The summed E-state index contributed by atoms with van der Waals surface area (Å²) in [6.07, 6.45) is 5.41. The van der Waals surface area contributed by atoms with Crippen LogP contribution in [0.2, 0.25) is 0 Å². The van der Waals surface area contributed by atoms with E-state index < -0.39 is 5.97 Å². The van der Waals surface area contributed by atoms with Gasteiger partial charge in [-0.15, -0.1) is 0 Å². The Morgan fingerprint density at radius 2 is 2.00 bits per heavy atom. The Morgan fingerprint density at radius 3 is 2.69 bits per heavy atom. The molecule has 1 unspecified atom stereocenters. The third-order valence-corrected chi connectivity index (χ3v) is 4.38. The number of benzene rings is 1. The fourth-order valence-corrected chi connectivity index (χ4v) is 3.02. The average molecular weight is 354 g/mol. The fraction of sp³-hybridized carbons (Fsp3) is 0.368. The van der Waals surface area contributed by atoms with Crippen LogP contribution in [0.4, 0.5) is 11.6 Å². The molecule has 1 aliphatic heterocycles. The van der Waals surface area contributed by atoms with E-state index in [2.05, 4.69) is 31.8 Å². The molecule has 3 rings (SSSR count). The van der Waals surface area contributed by atoms with E-state index in [-0.39, 0.29) is 5.91 Å². The predicted octanol–water partition coefficient (Wildman–Crippen LogP) is 2.75. The molecule has 0 radical (unpaired) electrons. The van der Waals surface area contributed by atoms with Gasteiger partial charge in [-0.05, 0) is 37.0 Å². The number of nitrogens with zero attached hydrogens (tertiary/aromatic N) is 3. The zero-order valence-corrected chi connectivity index (χ0v) is 14.9. The van der Waals surface area contributed by atoms with Crippen molar-refractivity contribution in [3.8, 4) is 0 Å². The first-order valence-corrected chi connectivity index (χ1v) is 8.63. The Hall–Kier alpha value is -2.96. The Kier molecular flexibility index (Phi) is 5.46. The summed E-state index contributed by atoms with van der Waals surface area (Å²) in [5.41, 5.74) is 1.24. The summed E-state index contributed by atoms with van der Waals surface area (Å²) >= 11 is 0. The van der Waals surface area contributed by atoms with Crippen molar-refractivity contribution in [1.29, 1.82) is 0 Å². The number of piperidine rings is 1. The average Bonchev–Trinajstić information content (AvgIpc) is 2.67. The summed E-state index contributed by atoms with van der Waals surface area (Å²) in [4.78, 5) is 34.8. The van der Waals surface area contributed by atoms with E-state index in [1.165, 1.54) is 25.9 Å². The van der Waals surface area contributed by atoms with Crippen LogP contribution >= 0.6 is 0 Å². The van der Waals surface area contributed by atoms with Crippen molar-refractivity contribution in [3.05, 3.63) is 47.8 Å². The normalized spacial score (nSPS) is 16.8. The van der Waals surface area contributed by atoms with Gasteiger partial charge in [-0.25, -0.2) is 14.8 Å². The van der Waals surface area contributed by atoms with E-state index >= 15 is 0 Å². The molecule has 7 nitrogen and oxygen atoms in total. The molecule has 1 fully saturated rings.